The Bertz CT molecular complexity index is 793. The first-order valence-corrected chi connectivity index (χ1v) is 8.97. The first-order chi connectivity index (χ1) is 11.6. The van der Waals surface area contributed by atoms with Gasteiger partial charge in [0.25, 0.3) is 5.91 Å². The molecule has 2 aliphatic rings. The van der Waals surface area contributed by atoms with E-state index >= 15 is 0 Å². The summed E-state index contributed by atoms with van der Waals surface area (Å²) in [6.07, 6.45) is 2.04. The van der Waals surface area contributed by atoms with E-state index in [4.69, 9.17) is 4.74 Å². The average Bonchev–Trinajstić information content (AvgIpc) is 2.60. The van der Waals surface area contributed by atoms with Gasteiger partial charge in [-0.3, -0.25) is 9.78 Å². The van der Waals surface area contributed by atoms with Crippen LogP contribution in [0, 0.1) is 5.82 Å². The smallest absolute Gasteiger partial charge is 0.258 e. The van der Waals surface area contributed by atoms with Crippen LogP contribution in [0.15, 0.2) is 24.4 Å². The lowest BCUT2D eigenvalue weighted by atomic mass is 10.0. The molecule has 1 N–H and O–H groups in total. The number of hydrogen-bond acceptors (Lipinski definition) is 5. The van der Waals surface area contributed by atoms with Gasteiger partial charge in [0, 0.05) is 35.6 Å². The normalized spacial score (nSPS) is 24.0. The third-order valence-corrected chi connectivity index (χ3v) is 5.92. The average molecular weight is 348 g/mol. The molecule has 5 nitrogen and oxygen atoms in total. The molecule has 0 unspecified atom stereocenters. The van der Waals surface area contributed by atoms with Crippen LogP contribution in [0.1, 0.15) is 16.8 Å². The number of halogens is 1. The molecule has 0 spiro atoms. The van der Waals surface area contributed by atoms with Crippen molar-refractivity contribution in [2.45, 2.75) is 17.7 Å². The molecule has 1 amide bonds. The molecule has 1 aromatic carbocycles. The van der Waals surface area contributed by atoms with E-state index in [1.807, 2.05) is 16.7 Å². The van der Waals surface area contributed by atoms with Crippen molar-refractivity contribution >= 4 is 28.6 Å². The lowest BCUT2D eigenvalue weighted by molar-refractivity contribution is 0.0319. The molecular weight excluding hydrogens is 331 g/mol. The monoisotopic (exact) mass is 348 g/mol. The fraction of sp³-hybridized carbons (Fsp3) is 0.412. The number of fused-ring (bicyclic) bond motifs is 2. The van der Waals surface area contributed by atoms with Crippen molar-refractivity contribution in [1.29, 1.82) is 0 Å². The molecule has 7 heteroatoms. The standard InChI is InChI=1S/C17H17FN2O3S/c18-10-1-2-12-11(7-10)16(14(21)8-19-12)17(22)20-4-6-24-15-9-23-5-3-13(15)20/h1-2,7-8,13,15,21H,3-6,9H2/t13-,15-/m1/s1. The van der Waals surface area contributed by atoms with Crippen molar-refractivity contribution in [2.24, 2.45) is 0 Å². The highest BCUT2D eigenvalue weighted by atomic mass is 32.2. The second kappa shape index (κ2) is 6.22. The predicted octanol–water partition coefficient (Wildman–Crippen LogP) is 2.43. The van der Waals surface area contributed by atoms with Gasteiger partial charge in [-0.1, -0.05) is 0 Å². The number of hydrogen-bond donors (Lipinski definition) is 1. The van der Waals surface area contributed by atoms with Crippen LogP contribution in [-0.2, 0) is 4.74 Å². The van der Waals surface area contributed by atoms with Gasteiger partial charge >= 0.3 is 0 Å². The van der Waals surface area contributed by atoms with Crippen LogP contribution < -0.4 is 0 Å². The first-order valence-electron chi connectivity index (χ1n) is 7.92. The second-order valence-electron chi connectivity index (χ2n) is 6.02. The van der Waals surface area contributed by atoms with Gasteiger partial charge in [0.2, 0.25) is 0 Å². The highest BCUT2D eigenvalue weighted by Crippen LogP contribution is 2.34. The summed E-state index contributed by atoms with van der Waals surface area (Å²) in [5.74, 6) is -0.0984. The van der Waals surface area contributed by atoms with E-state index in [0.717, 1.165) is 12.2 Å². The zero-order chi connectivity index (χ0) is 16.7. The molecule has 3 heterocycles. The van der Waals surface area contributed by atoms with Gasteiger partial charge in [-0.05, 0) is 24.6 Å². The minimum absolute atomic E-state index is 0.0844. The molecular formula is C17H17FN2O3S. The minimum Gasteiger partial charge on any atom is -0.505 e. The number of carbonyl (C=O) groups is 1. The SMILES string of the molecule is O=C(c1c(O)cnc2ccc(F)cc12)N1CCS[C@@H]2COCC[C@H]21. The molecule has 2 fully saturated rings. The zero-order valence-corrected chi connectivity index (χ0v) is 13.8. The molecule has 1 aromatic heterocycles. The molecule has 4 rings (SSSR count). The molecule has 0 aliphatic carbocycles. The highest BCUT2D eigenvalue weighted by molar-refractivity contribution is 8.00. The third kappa shape index (κ3) is 2.61. The van der Waals surface area contributed by atoms with Crippen LogP contribution in [0.25, 0.3) is 10.9 Å². The molecule has 2 aromatic rings. The summed E-state index contributed by atoms with van der Waals surface area (Å²) >= 11 is 1.82. The summed E-state index contributed by atoms with van der Waals surface area (Å²) < 4.78 is 19.2. The predicted molar refractivity (Wildman–Crippen MR) is 89.9 cm³/mol. The van der Waals surface area contributed by atoms with Crippen molar-refractivity contribution in [3.8, 4) is 5.75 Å². The van der Waals surface area contributed by atoms with Crippen molar-refractivity contribution in [1.82, 2.24) is 9.88 Å². The number of aromatic hydroxyl groups is 1. The Morgan fingerprint density at radius 2 is 2.33 bits per heavy atom. The largest absolute Gasteiger partial charge is 0.505 e. The number of amides is 1. The Labute approximate surface area is 142 Å². The van der Waals surface area contributed by atoms with E-state index in [2.05, 4.69) is 4.98 Å². The lowest BCUT2D eigenvalue weighted by Crippen LogP contribution is -2.54. The van der Waals surface area contributed by atoms with Crippen LogP contribution >= 0.6 is 11.8 Å². The van der Waals surface area contributed by atoms with Gasteiger partial charge < -0.3 is 14.7 Å². The summed E-state index contributed by atoms with van der Waals surface area (Å²) in [4.78, 5) is 19.1. The Morgan fingerprint density at radius 1 is 1.46 bits per heavy atom. The van der Waals surface area contributed by atoms with Gasteiger partial charge in [0.05, 0.1) is 23.9 Å². The van der Waals surface area contributed by atoms with Crippen LogP contribution in [0.2, 0.25) is 0 Å². The summed E-state index contributed by atoms with van der Waals surface area (Å²) in [5, 5.41) is 10.8. The topological polar surface area (TPSA) is 62.7 Å². The van der Waals surface area contributed by atoms with Crippen LogP contribution in [0.3, 0.4) is 0 Å². The first kappa shape index (κ1) is 15.7. The van der Waals surface area contributed by atoms with Crippen LogP contribution in [0.5, 0.6) is 5.75 Å². The molecule has 2 atom stereocenters. The minimum atomic E-state index is -0.456. The molecule has 2 saturated heterocycles. The molecule has 0 radical (unpaired) electrons. The van der Waals surface area contributed by atoms with E-state index in [1.54, 1.807) is 0 Å². The van der Waals surface area contributed by atoms with Gasteiger partial charge in [-0.2, -0.15) is 11.8 Å². The Morgan fingerprint density at radius 3 is 3.21 bits per heavy atom. The zero-order valence-electron chi connectivity index (χ0n) is 12.9. The Kier molecular flexibility index (Phi) is 4.05. The highest BCUT2D eigenvalue weighted by Gasteiger charge is 2.38. The third-order valence-electron chi connectivity index (χ3n) is 4.62. The molecule has 0 bridgehead atoms. The van der Waals surface area contributed by atoms with Crippen molar-refractivity contribution in [2.75, 3.05) is 25.5 Å². The van der Waals surface area contributed by atoms with Gasteiger partial charge in [0.1, 0.15) is 11.6 Å². The van der Waals surface area contributed by atoms with Crippen LogP contribution in [0.4, 0.5) is 4.39 Å². The lowest BCUT2D eigenvalue weighted by Gasteiger charge is -2.43. The Hall–Kier alpha value is -1.86. The van der Waals surface area contributed by atoms with E-state index in [0.29, 0.717) is 30.7 Å². The summed E-state index contributed by atoms with van der Waals surface area (Å²) in [6, 6.07) is 4.16. The molecule has 2 aliphatic heterocycles. The van der Waals surface area contributed by atoms with Crippen LogP contribution in [-0.4, -0.2) is 57.7 Å². The summed E-state index contributed by atoms with van der Waals surface area (Å²) in [5.41, 5.74) is 0.629. The summed E-state index contributed by atoms with van der Waals surface area (Å²) in [6.45, 7) is 1.88. The van der Waals surface area contributed by atoms with Crippen molar-refractivity contribution in [3.05, 3.63) is 35.8 Å². The number of ether oxygens (including phenoxy) is 1. The van der Waals surface area contributed by atoms with Gasteiger partial charge in [-0.15, -0.1) is 0 Å². The number of nitrogens with zero attached hydrogens (tertiary/aromatic N) is 2. The second-order valence-corrected chi connectivity index (χ2v) is 7.37. The fourth-order valence-corrected chi connectivity index (χ4v) is 4.76. The number of pyridine rings is 1. The fourth-order valence-electron chi connectivity index (χ4n) is 3.46. The van der Waals surface area contributed by atoms with Gasteiger partial charge in [-0.25, -0.2) is 4.39 Å². The number of benzene rings is 1. The van der Waals surface area contributed by atoms with Crippen molar-refractivity contribution in [3.63, 3.8) is 0 Å². The van der Waals surface area contributed by atoms with E-state index in [-0.39, 0.29) is 28.5 Å². The maximum Gasteiger partial charge on any atom is 0.258 e. The van der Waals surface area contributed by atoms with E-state index in [9.17, 15) is 14.3 Å². The number of carbonyl (C=O) groups excluding carboxylic acids is 1. The summed E-state index contributed by atoms with van der Waals surface area (Å²) in [7, 11) is 0. The number of thioether (sulfide) groups is 1. The quantitative estimate of drug-likeness (QED) is 0.858. The molecule has 24 heavy (non-hydrogen) atoms. The van der Waals surface area contributed by atoms with Crippen molar-refractivity contribution < 1.29 is 19.0 Å². The molecule has 0 saturated carbocycles. The van der Waals surface area contributed by atoms with E-state index in [1.165, 1.54) is 24.4 Å². The molecule has 126 valence electrons. The van der Waals surface area contributed by atoms with E-state index < -0.39 is 5.82 Å². The number of aromatic nitrogens is 1. The van der Waals surface area contributed by atoms with Gasteiger partial charge in [0.15, 0.2) is 0 Å². The Balaban J connectivity index is 1.77. The number of rotatable bonds is 1. The maximum absolute atomic E-state index is 13.7. The maximum atomic E-state index is 13.7.